The molecule has 1 N–H and O–H groups in total. The van der Waals surface area contributed by atoms with Crippen LogP contribution in [0.1, 0.15) is 29.2 Å². The molecule has 0 saturated carbocycles. The summed E-state index contributed by atoms with van der Waals surface area (Å²) in [6, 6.07) is 11.9. The van der Waals surface area contributed by atoms with E-state index in [4.69, 9.17) is 20.8 Å². The maximum absolute atomic E-state index is 13.6. The summed E-state index contributed by atoms with van der Waals surface area (Å²) < 4.78 is 64.4. The van der Waals surface area contributed by atoms with Crippen LogP contribution < -0.4 is 10.9 Å². The zero-order valence-corrected chi connectivity index (χ0v) is 23.6. The molecule has 11 heteroatoms. The van der Waals surface area contributed by atoms with Crippen molar-refractivity contribution in [1.29, 1.82) is 0 Å². The molecule has 0 aliphatic carbocycles. The molecular weight excluding hydrogens is 590 g/mol. The van der Waals surface area contributed by atoms with Gasteiger partial charge in [0.1, 0.15) is 11.4 Å². The Morgan fingerprint density at radius 2 is 1.84 bits per heavy atom. The van der Waals surface area contributed by atoms with E-state index >= 15 is 0 Å². The van der Waals surface area contributed by atoms with Crippen LogP contribution in [-0.2, 0) is 26.9 Å². The number of amides is 1. The lowest BCUT2D eigenvalue weighted by Crippen LogP contribution is -2.22. The van der Waals surface area contributed by atoms with E-state index in [0.29, 0.717) is 32.7 Å². The van der Waals surface area contributed by atoms with Gasteiger partial charge in [0.15, 0.2) is 0 Å². The summed E-state index contributed by atoms with van der Waals surface area (Å²) in [5.74, 6) is -2.57. The Morgan fingerprint density at radius 1 is 1.07 bits per heavy atom. The van der Waals surface area contributed by atoms with Gasteiger partial charge in [-0.1, -0.05) is 48.0 Å². The average Bonchev–Trinajstić information content (AvgIpc) is 2.93. The Morgan fingerprint density at radius 3 is 2.56 bits per heavy atom. The molecule has 0 radical (unpaired) electrons. The second-order valence-corrected chi connectivity index (χ2v) is 9.76. The van der Waals surface area contributed by atoms with Crippen molar-refractivity contribution in [3.63, 3.8) is 0 Å². The summed E-state index contributed by atoms with van der Waals surface area (Å²) in [6.45, 7) is 3.68. The molecule has 3 aromatic carbocycles. The monoisotopic (exact) mass is 613 g/mol. The van der Waals surface area contributed by atoms with E-state index in [1.807, 2.05) is 0 Å². The lowest BCUT2D eigenvalue weighted by Gasteiger charge is -2.16. The standard InChI is InChI=1S/C32H24ClF4NO5/c1-3-42-29(40)10-5-4-7-19-8-6-9-20(14-19)30-22-13-18(2)25(33)17-27(22)43-31(41)23(30)16-28(39)38-26-12-11-21(34)15-24(26)32(35,36)37/h4-15,17H,3,16H2,1-2H3,(H,38,39)/b7-4+,10-5+. The topological polar surface area (TPSA) is 85.6 Å². The number of alkyl halides is 3. The average molecular weight is 614 g/mol. The number of carbonyl (C=O) groups is 2. The highest BCUT2D eigenvalue weighted by molar-refractivity contribution is 6.32. The molecule has 0 aliphatic rings. The molecule has 1 amide bonds. The Bertz CT molecular complexity index is 1830. The Balaban J connectivity index is 1.78. The number of nitrogens with one attached hydrogen (secondary N) is 1. The van der Waals surface area contributed by atoms with Crippen molar-refractivity contribution in [2.24, 2.45) is 0 Å². The van der Waals surface area contributed by atoms with Gasteiger partial charge >= 0.3 is 17.8 Å². The number of hydrogen-bond donors (Lipinski definition) is 1. The second-order valence-electron chi connectivity index (χ2n) is 9.35. The number of fused-ring (bicyclic) bond motifs is 1. The predicted octanol–water partition coefficient (Wildman–Crippen LogP) is 7.89. The summed E-state index contributed by atoms with van der Waals surface area (Å²) in [6.07, 6.45) is 0.499. The molecule has 0 fully saturated rings. The summed E-state index contributed by atoms with van der Waals surface area (Å²) in [5.41, 5.74) is -0.696. The van der Waals surface area contributed by atoms with Crippen molar-refractivity contribution in [2.45, 2.75) is 26.4 Å². The molecule has 222 valence electrons. The first-order valence-corrected chi connectivity index (χ1v) is 13.3. The highest BCUT2D eigenvalue weighted by Gasteiger charge is 2.34. The zero-order valence-electron chi connectivity index (χ0n) is 22.9. The molecule has 4 aromatic rings. The van der Waals surface area contributed by atoms with Gasteiger partial charge in [0.25, 0.3) is 0 Å². The van der Waals surface area contributed by atoms with Gasteiger partial charge in [-0.2, -0.15) is 13.2 Å². The van der Waals surface area contributed by atoms with Crippen LogP contribution in [0.25, 0.3) is 28.2 Å². The molecule has 1 heterocycles. The number of anilines is 1. The van der Waals surface area contributed by atoms with Crippen molar-refractivity contribution in [1.82, 2.24) is 0 Å². The first-order valence-electron chi connectivity index (χ1n) is 12.9. The molecule has 0 unspecified atom stereocenters. The Labute approximate surface area is 248 Å². The summed E-state index contributed by atoms with van der Waals surface area (Å²) >= 11 is 6.26. The first kappa shape index (κ1) is 31.2. The predicted molar refractivity (Wildman–Crippen MR) is 156 cm³/mol. The number of benzene rings is 3. The number of esters is 1. The molecule has 0 saturated heterocycles. The lowest BCUT2D eigenvalue weighted by molar-refractivity contribution is -0.138. The fourth-order valence-electron chi connectivity index (χ4n) is 4.36. The molecule has 43 heavy (non-hydrogen) atoms. The fraction of sp³-hybridized carbons (Fsp3) is 0.156. The number of ether oxygens (including phenoxy) is 1. The number of allylic oxidation sites excluding steroid dienone is 2. The van der Waals surface area contributed by atoms with Crippen LogP contribution in [0.4, 0.5) is 23.2 Å². The zero-order chi connectivity index (χ0) is 31.3. The van der Waals surface area contributed by atoms with E-state index in [-0.39, 0.29) is 23.8 Å². The van der Waals surface area contributed by atoms with Crippen LogP contribution in [-0.4, -0.2) is 18.5 Å². The quantitative estimate of drug-likeness (QED) is 0.0718. The molecular formula is C32H24ClF4NO5. The SMILES string of the molecule is CCOC(=O)/C=C/C=C/c1cccc(-c2c(CC(=O)Nc3ccc(F)cc3C(F)(F)F)c(=O)oc3cc(Cl)c(C)cc23)c1. The molecule has 0 bridgehead atoms. The normalized spacial score (nSPS) is 11.9. The molecule has 6 nitrogen and oxygen atoms in total. The van der Waals surface area contributed by atoms with Crippen molar-refractivity contribution < 1.29 is 36.3 Å². The van der Waals surface area contributed by atoms with Crippen LogP contribution in [0.15, 0.2) is 82.0 Å². The van der Waals surface area contributed by atoms with Crippen LogP contribution >= 0.6 is 11.6 Å². The highest BCUT2D eigenvalue weighted by atomic mass is 35.5. The van der Waals surface area contributed by atoms with Crippen LogP contribution in [0.2, 0.25) is 5.02 Å². The van der Waals surface area contributed by atoms with E-state index in [1.54, 1.807) is 56.3 Å². The van der Waals surface area contributed by atoms with Gasteiger partial charge in [-0.15, -0.1) is 0 Å². The van der Waals surface area contributed by atoms with Gasteiger partial charge in [0, 0.05) is 28.1 Å². The Hall–Kier alpha value is -4.70. The molecule has 0 aliphatic heterocycles. The van der Waals surface area contributed by atoms with Crippen molar-refractivity contribution in [3.8, 4) is 11.1 Å². The van der Waals surface area contributed by atoms with Gasteiger partial charge < -0.3 is 14.5 Å². The van der Waals surface area contributed by atoms with Crippen molar-refractivity contribution in [3.05, 3.63) is 116 Å². The van der Waals surface area contributed by atoms with E-state index in [9.17, 15) is 31.9 Å². The third kappa shape index (κ3) is 7.58. The van der Waals surface area contributed by atoms with E-state index in [0.717, 1.165) is 12.1 Å². The molecule has 0 spiro atoms. The summed E-state index contributed by atoms with van der Waals surface area (Å²) in [7, 11) is 0. The van der Waals surface area contributed by atoms with E-state index in [1.165, 1.54) is 18.2 Å². The minimum Gasteiger partial charge on any atom is -0.463 e. The number of carbonyl (C=O) groups excluding carboxylic acids is 2. The van der Waals surface area contributed by atoms with Crippen molar-refractivity contribution >= 4 is 46.2 Å². The minimum absolute atomic E-state index is 0.106. The van der Waals surface area contributed by atoms with Gasteiger partial charge in [-0.3, -0.25) is 4.79 Å². The van der Waals surface area contributed by atoms with Crippen molar-refractivity contribution in [2.75, 3.05) is 11.9 Å². The smallest absolute Gasteiger partial charge is 0.418 e. The van der Waals surface area contributed by atoms with E-state index < -0.39 is 47.2 Å². The Kier molecular flexibility index (Phi) is 9.50. The maximum atomic E-state index is 13.6. The van der Waals surface area contributed by atoms with Gasteiger partial charge in [0.2, 0.25) is 5.91 Å². The second kappa shape index (κ2) is 13.1. The van der Waals surface area contributed by atoms with Crippen LogP contribution in [0, 0.1) is 12.7 Å². The molecule has 1 aromatic heterocycles. The van der Waals surface area contributed by atoms with Crippen LogP contribution in [0.5, 0.6) is 0 Å². The lowest BCUT2D eigenvalue weighted by atomic mass is 9.93. The number of rotatable bonds is 8. The van der Waals surface area contributed by atoms with Gasteiger partial charge in [-0.05, 0) is 60.9 Å². The first-order chi connectivity index (χ1) is 20.4. The number of hydrogen-bond acceptors (Lipinski definition) is 5. The highest BCUT2D eigenvalue weighted by Crippen LogP contribution is 2.37. The summed E-state index contributed by atoms with van der Waals surface area (Å²) in [5, 5.41) is 2.94. The third-order valence-corrected chi connectivity index (χ3v) is 6.68. The van der Waals surface area contributed by atoms with Crippen LogP contribution in [0.3, 0.4) is 0 Å². The maximum Gasteiger partial charge on any atom is 0.418 e. The molecule has 4 rings (SSSR count). The molecule has 0 atom stereocenters. The number of halogens is 5. The third-order valence-electron chi connectivity index (χ3n) is 6.27. The van der Waals surface area contributed by atoms with Gasteiger partial charge in [0.05, 0.1) is 29.8 Å². The summed E-state index contributed by atoms with van der Waals surface area (Å²) in [4.78, 5) is 37.8. The fourth-order valence-corrected chi connectivity index (χ4v) is 4.52. The number of aryl methyl sites for hydroxylation is 1. The minimum atomic E-state index is -4.94. The van der Waals surface area contributed by atoms with E-state index in [2.05, 4.69) is 5.32 Å². The largest absolute Gasteiger partial charge is 0.463 e. The van der Waals surface area contributed by atoms with Gasteiger partial charge in [-0.25, -0.2) is 14.0 Å².